The van der Waals surface area contributed by atoms with E-state index in [0.29, 0.717) is 0 Å². The number of nitrogen functional groups attached to an aromatic ring is 1. The highest BCUT2D eigenvalue weighted by atomic mass is 79.9. The van der Waals surface area contributed by atoms with E-state index in [4.69, 9.17) is 5.73 Å². The number of hydrogen-bond acceptors (Lipinski definition) is 3. The molecule has 0 bridgehead atoms. The highest BCUT2D eigenvalue weighted by Crippen LogP contribution is 2.38. The summed E-state index contributed by atoms with van der Waals surface area (Å²) < 4.78 is 1.27. The number of hydrogen-bond donors (Lipinski definition) is 3. The summed E-state index contributed by atoms with van der Waals surface area (Å²) in [5.74, 6) is -0.802. The van der Waals surface area contributed by atoms with Gasteiger partial charge >= 0.3 is 5.97 Å². The first kappa shape index (κ1) is 42.6. The Kier molecular flexibility index (Phi) is 14.2. The largest absolute Gasteiger partial charge is 0.481 e. The molecule has 0 aliphatic rings. The van der Waals surface area contributed by atoms with E-state index >= 15 is 0 Å². The number of halogens is 1. The van der Waals surface area contributed by atoms with Crippen LogP contribution in [0.2, 0.25) is 0 Å². The van der Waals surface area contributed by atoms with Crippen molar-refractivity contribution >= 4 is 39.0 Å². The molecule has 0 radical (unpaired) electrons. The lowest BCUT2D eigenvalue weighted by Gasteiger charge is -2.25. The molecule has 0 aliphatic carbocycles. The predicted octanol–water partition coefficient (Wildman–Crippen LogP) is 12.6. The SMILES string of the molecule is Cc1c(C)c(C)c(Br)c(C)c1C.Cc1c(C)c(C)c(N)c(C)c1C.Cc1c(C)c(C)c(Nc2c(C)c(C)c(C)c(C)c2CC(=O)O)c(C)c1C. The van der Waals surface area contributed by atoms with Crippen molar-refractivity contribution in [1.82, 2.24) is 0 Å². The van der Waals surface area contributed by atoms with Gasteiger partial charge in [-0.15, -0.1) is 0 Å². The summed E-state index contributed by atoms with van der Waals surface area (Å²) >= 11 is 3.61. The zero-order valence-corrected chi connectivity index (χ0v) is 36.1. The summed E-state index contributed by atoms with van der Waals surface area (Å²) in [6, 6.07) is 0. The third kappa shape index (κ3) is 8.31. The van der Waals surface area contributed by atoms with Gasteiger partial charge in [0.2, 0.25) is 0 Å². The van der Waals surface area contributed by atoms with Crippen LogP contribution in [0.25, 0.3) is 0 Å². The van der Waals surface area contributed by atoms with E-state index in [1.807, 2.05) is 6.92 Å². The highest BCUT2D eigenvalue weighted by Gasteiger charge is 2.20. The molecule has 4 rings (SSSR count). The number of aliphatic carboxylic acids is 1. The Labute approximate surface area is 312 Å². The van der Waals surface area contributed by atoms with E-state index < -0.39 is 5.97 Å². The normalized spacial score (nSPS) is 10.7. The number of anilines is 3. The molecule has 4 aromatic carbocycles. The first-order chi connectivity index (χ1) is 22.9. The van der Waals surface area contributed by atoms with Crippen molar-refractivity contribution in [2.24, 2.45) is 0 Å². The van der Waals surface area contributed by atoms with Crippen molar-refractivity contribution in [3.8, 4) is 0 Å². The molecule has 4 nitrogen and oxygen atoms in total. The third-order valence-electron chi connectivity index (χ3n) is 12.4. The van der Waals surface area contributed by atoms with E-state index in [9.17, 15) is 9.90 Å². The summed E-state index contributed by atoms with van der Waals surface area (Å²) in [7, 11) is 0. The molecule has 50 heavy (non-hydrogen) atoms. The molecular formula is C45H63BrN2O2. The monoisotopic (exact) mass is 742 g/mol. The first-order valence-electron chi connectivity index (χ1n) is 17.6. The minimum absolute atomic E-state index is 0.0258. The molecule has 272 valence electrons. The number of carboxylic acid groups (broad SMARTS) is 1. The maximum absolute atomic E-state index is 11.5. The van der Waals surface area contributed by atoms with Gasteiger partial charge in [-0.05, 0) is 243 Å². The quantitative estimate of drug-likeness (QED) is 0.182. The zero-order valence-electron chi connectivity index (χ0n) is 34.5. The Morgan fingerprint density at radius 2 is 0.700 bits per heavy atom. The minimum Gasteiger partial charge on any atom is -0.481 e. The second-order valence-corrected chi connectivity index (χ2v) is 15.3. The topological polar surface area (TPSA) is 75.3 Å². The van der Waals surface area contributed by atoms with Gasteiger partial charge in [0.15, 0.2) is 0 Å². The fraction of sp³-hybridized carbons (Fsp3) is 0.444. The van der Waals surface area contributed by atoms with Gasteiger partial charge in [0.05, 0.1) is 6.42 Å². The van der Waals surface area contributed by atoms with E-state index in [-0.39, 0.29) is 6.42 Å². The van der Waals surface area contributed by atoms with Crippen molar-refractivity contribution in [2.75, 3.05) is 11.1 Å². The van der Waals surface area contributed by atoms with Gasteiger partial charge in [0.25, 0.3) is 0 Å². The van der Waals surface area contributed by atoms with E-state index in [1.165, 1.54) is 99.1 Å². The maximum Gasteiger partial charge on any atom is 0.307 e. The molecule has 0 fully saturated rings. The smallest absolute Gasteiger partial charge is 0.307 e. The van der Waals surface area contributed by atoms with Crippen LogP contribution in [0.4, 0.5) is 17.1 Å². The van der Waals surface area contributed by atoms with Crippen molar-refractivity contribution in [3.63, 3.8) is 0 Å². The Balaban J connectivity index is 0.000000299. The van der Waals surface area contributed by atoms with E-state index in [1.54, 1.807) is 0 Å². The average molecular weight is 744 g/mol. The minimum atomic E-state index is -0.802. The van der Waals surface area contributed by atoms with Gasteiger partial charge in [-0.2, -0.15) is 0 Å². The van der Waals surface area contributed by atoms with Gasteiger partial charge < -0.3 is 16.2 Å². The summed E-state index contributed by atoms with van der Waals surface area (Å²) in [5.41, 5.74) is 34.2. The first-order valence-corrected chi connectivity index (χ1v) is 18.4. The molecule has 0 unspecified atom stereocenters. The maximum atomic E-state index is 11.5. The van der Waals surface area contributed by atoms with Crippen LogP contribution in [-0.4, -0.2) is 11.1 Å². The molecule has 0 aliphatic heterocycles. The number of rotatable bonds is 4. The summed E-state index contributed by atoms with van der Waals surface area (Å²) in [6.07, 6.45) is 0.0258. The summed E-state index contributed by atoms with van der Waals surface area (Å²) in [6.45, 7) is 40.5. The van der Waals surface area contributed by atoms with Crippen LogP contribution in [0.5, 0.6) is 0 Å². The molecule has 0 saturated heterocycles. The van der Waals surface area contributed by atoms with Crippen LogP contribution in [0.15, 0.2) is 4.47 Å². The lowest BCUT2D eigenvalue weighted by molar-refractivity contribution is -0.136. The lowest BCUT2D eigenvalue weighted by Crippen LogP contribution is -2.12. The summed E-state index contributed by atoms with van der Waals surface area (Å²) in [5, 5.41) is 13.1. The molecule has 0 spiro atoms. The standard InChI is InChI=1S/C23H31NO2.C11H15Br.C11H17N/c1-11-13(3)17(7)22(18(8)14(11)4)24-23-19(9)15(5)12(2)16(6)20(23)10-21(25)26;2*1-6-7(2)9(4)11(12)10(5)8(6)3/h24H,10H2,1-9H3,(H,25,26);1-5H3;12H2,1-5H3. The van der Waals surface area contributed by atoms with Crippen LogP contribution in [0.3, 0.4) is 0 Å². The lowest BCUT2D eigenvalue weighted by atomic mass is 9.89. The van der Waals surface area contributed by atoms with Crippen molar-refractivity contribution in [2.45, 2.75) is 138 Å². The van der Waals surface area contributed by atoms with Crippen molar-refractivity contribution in [1.29, 1.82) is 0 Å². The van der Waals surface area contributed by atoms with Crippen LogP contribution >= 0.6 is 15.9 Å². The molecule has 0 amide bonds. The van der Waals surface area contributed by atoms with Crippen LogP contribution < -0.4 is 11.1 Å². The number of carboxylic acids is 1. The zero-order chi connectivity index (χ0) is 38.8. The number of benzene rings is 4. The molecule has 0 saturated carbocycles. The third-order valence-corrected chi connectivity index (χ3v) is 13.6. The average Bonchev–Trinajstić information content (AvgIpc) is 3.09. The molecule has 0 heterocycles. The number of nitrogens with two attached hydrogens (primary N) is 1. The second kappa shape index (κ2) is 16.6. The van der Waals surface area contributed by atoms with Crippen LogP contribution in [-0.2, 0) is 11.2 Å². The van der Waals surface area contributed by atoms with Gasteiger partial charge in [-0.3, -0.25) is 4.79 Å². The van der Waals surface area contributed by atoms with Crippen molar-refractivity contribution in [3.05, 3.63) is 116 Å². The van der Waals surface area contributed by atoms with Gasteiger partial charge in [-0.1, -0.05) is 15.9 Å². The number of carbonyl (C=O) groups is 1. The highest BCUT2D eigenvalue weighted by molar-refractivity contribution is 9.10. The Hall–Kier alpha value is -3.57. The predicted molar refractivity (Wildman–Crippen MR) is 223 cm³/mol. The van der Waals surface area contributed by atoms with Gasteiger partial charge in [-0.25, -0.2) is 0 Å². The van der Waals surface area contributed by atoms with Gasteiger partial charge in [0, 0.05) is 21.5 Å². The molecule has 4 aromatic rings. The van der Waals surface area contributed by atoms with Crippen molar-refractivity contribution < 1.29 is 9.90 Å². The van der Waals surface area contributed by atoms with Crippen LogP contribution in [0, 0.1) is 132 Å². The Bertz CT molecular complexity index is 1670. The number of nitrogens with one attached hydrogen (secondary N) is 1. The molecule has 0 aromatic heterocycles. The summed E-state index contributed by atoms with van der Waals surface area (Å²) in [4.78, 5) is 11.5. The van der Waals surface area contributed by atoms with E-state index in [2.05, 4.69) is 146 Å². The molecule has 4 N–H and O–H groups in total. The molecular weight excluding hydrogens is 680 g/mol. The Morgan fingerprint density at radius 3 is 1.04 bits per heavy atom. The Morgan fingerprint density at radius 1 is 0.440 bits per heavy atom. The molecule has 5 heteroatoms. The van der Waals surface area contributed by atoms with E-state index in [0.717, 1.165) is 33.8 Å². The molecule has 0 atom stereocenters. The van der Waals surface area contributed by atoms with Gasteiger partial charge in [0.1, 0.15) is 0 Å². The van der Waals surface area contributed by atoms with Crippen LogP contribution in [0.1, 0.15) is 111 Å². The second-order valence-electron chi connectivity index (χ2n) is 14.5. The fourth-order valence-corrected chi connectivity index (χ4v) is 7.32. The fourth-order valence-electron chi connectivity index (χ4n) is 6.73.